The number of nitrogens with one attached hydrogen (secondary N) is 2. The monoisotopic (exact) mass is 292 g/mol. The lowest BCUT2D eigenvalue weighted by Crippen LogP contribution is -2.30. The van der Waals surface area contributed by atoms with E-state index in [2.05, 4.69) is 10.6 Å². The zero-order valence-corrected chi connectivity index (χ0v) is 13.1. The Kier molecular flexibility index (Phi) is 6.88. The van der Waals surface area contributed by atoms with Crippen molar-refractivity contribution in [3.8, 4) is 0 Å². The van der Waals surface area contributed by atoms with Gasteiger partial charge in [0.15, 0.2) is 0 Å². The Balaban J connectivity index is 2.58. The van der Waals surface area contributed by atoms with E-state index < -0.39 is 0 Å². The molecule has 2 N–H and O–H groups in total. The Morgan fingerprint density at radius 2 is 1.76 bits per heavy atom. The fraction of sp³-hybridized carbons (Fsp3) is 0.500. The van der Waals surface area contributed by atoms with E-state index in [1.54, 1.807) is 38.1 Å². The number of carbonyl (C=O) groups is 2. The van der Waals surface area contributed by atoms with Gasteiger partial charge in [0.25, 0.3) is 0 Å². The molecule has 0 aliphatic heterocycles. The quantitative estimate of drug-likeness (QED) is 0.757. The van der Waals surface area contributed by atoms with Gasteiger partial charge in [0, 0.05) is 18.2 Å². The Hall–Kier alpha value is -1.88. The second-order valence-electron chi connectivity index (χ2n) is 5.23. The second kappa shape index (κ2) is 8.42. The average molecular weight is 292 g/mol. The minimum absolute atomic E-state index is 0.0477. The largest absolute Gasteiger partial charge is 0.459 e. The smallest absolute Gasteiger partial charge is 0.338 e. The Labute approximate surface area is 126 Å². The van der Waals surface area contributed by atoms with Crippen LogP contribution in [-0.4, -0.2) is 31.1 Å². The van der Waals surface area contributed by atoms with Crippen molar-refractivity contribution in [3.05, 3.63) is 29.8 Å². The van der Waals surface area contributed by atoms with Crippen molar-refractivity contribution in [3.63, 3.8) is 0 Å². The summed E-state index contributed by atoms with van der Waals surface area (Å²) >= 11 is 0. The molecule has 1 aromatic rings. The molecule has 1 amide bonds. The summed E-state index contributed by atoms with van der Waals surface area (Å²) in [6, 6.07) is 6.70. The topological polar surface area (TPSA) is 67.4 Å². The lowest BCUT2D eigenvalue weighted by Gasteiger charge is -2.13. The van der Waals surface area contributed by atoms with Gasteiger partial charge in [-0.3, -0.25) is 4.79 Å². The highest BCUT2D eigenvalue weighted by Gasteiger charge is 2.13. The van der Waals surface area contributed by atoms with Gasteiger partial charge in [0.1, 0.15) is 0 Å². The van der Waals surface area contributed by atoms with Crippen molar-refractivity contribution in [2.24, 2.45) is 5.92 Å². The molecular weight excluding hydrogens is 268 g/mol. The molecule has 0 fully saturated rings. The number of anilines is 1. The molecule has 0 heterocycles. The molecule has 5 nitrogen and oxygen atoms in total. The normalized spacial score (nSPS) is 12.0. The zero-order chi connectivity index (χ0) is 15.8. The van der Waals surface area contributed by atoms with Gasteiger partial charge in [-0.2, -0.15) is 0 Å². The number of benzene rings is 1. The number of hydrogen-bond acceptors (Lipinski definition) is 4. The fourth-order valence-corrected chi connectivity index (χ4v) is 1.69. The predicted molar refractivity (Wildman–Crippen MR) is 83.3 cm³/mol. The maximum atomic E-state index is 11.9. The molecule has 0 saturated carbocycles. The molecule has 0 aliphatic carbocycles. The summed E-state index contributed by atoms with van der Waals surface area (Å²) in [7, 11) is 0. The third-order valence-corrected chi connectivity index (χ3v) is 2.88. The lowest BCUT2D eigenvalue weighted by atomic mass is 10.1. The number of amides is 1. The van der Waals surface area contributed by atoms with Crippen LogP contribution in [0.25, 0.3) is 0 Å². The molecule has 0 saturated heterocycles. The van der Waals surface area contributed by atoms with Crippen LogP contribution in [0.2, 0.25) is 0 Å². The summed E-state index contributed by atoms with van der Waals surface area (Å²) in [4.78, 5) is 23.6. The first-order valence-corrected chi connectivity index (χ1v) is 7.26. The van der Waals surface area contributed by atoms with Gasteiger partial charge in [-0.25, -0.2) is 4.79 Å². The van der Waals surface area contributed by atoms with E-state index in [1.807, 2.05) is 13.8 Å². The summed E-state index contributed by atoms with van der Waals surface area (Å²) in [6.45, 7) is 8.95. The highest BCUT2D eigenvalue weighted by atomic mass is 16.5. The highest BCUT2D eigenvalue weighted by Crippen LogP contribution is 2.12. The van der Waals surface area contributed by atoms with Crippen molar-refractivity contribution in [1.82, 2.24) is 5.32 Å². The summed E-state index contributed by atoms with van der Waals surface area (Å²) in [5.74, 6) is -0.521. The van der Waals surface area contributed by atoms with Crippen molar-refractivity contribution in [1.29, 1.82) is 0 Å². The van der Waals surface area contributed by atoms with E-state index in [1.165, 1.54) is 0 Å². The minimum atomic E-state index is -0.358. The molecule has 0 radical (unpaired) electrons. The molecule has 0 bridgehead atoms. The van der Waals surface area contributed by atoms with Gasteiger partial charge in [-0.1, -0.05) is 13.8 Å². The van der Waals surface area contributed by atoms with Crippen molar-refractivity contribution >= 4 is 17.6 Å². The van der Waals surface area contributed by atoms with Gasteiger partial charge in [0.2, 0.25) is 5.91 Å². The van der Waals surface area contributed by atoms with Crippen LogP contribution in [0.15, 0.2) is 24.3 Å². The van der Waals surface area contributed by atoms with Gasteiger partial charge >= 0.3 is 5.97 Å². The van der Waals surface area contributed by atoms with Crippen LogP contribution in [0.4, 0.5) is 5.69 Å². The molecule has 21 heavy (non-hydrogen) atoms. The average Bonchev–Trinajstić information content (AvgIpc) is 2.44. The van der Waals surface area contributed by atoms with Crippen LogP contribution < -0.4 is 10.6 Å². The first-order valence-electron chi connectivity index (χ1n) is 7.26. The van der Waals surface area contributed by atoms with Crippen molar-refractivity contribution in [2.75, 3.05) is 18.4 Å². The lowest BCUT2D eigenvalue weighted by molar-refractivity contribution is -0.119. The van der Waals surface area contributed by atoms with E-state index in [4.69, 9.17) is 4.74 Å². The van der Waals surface area contributed by atoms with Crippen LogP contribution in [0.5, 0.6) is 0 Å². The van der Waals surface area contributed by atoms with Gasteiger partial charge in [-0.15, -0.1) is 0 Å². The summed E-state index contributed by atoms with van der Waals surface area (Å²) in [5, 5.41) is 5.96. The molecule has 1 atom stereocenters. The van der Waals surface area contributed by atoms with E-state index in [0.29, 0.717) is 17.8 Å². The third-order valence-electron chi connectivity index (χ3n) is 2.88. The molecule has 5 heteroatoms. The predicted octanol–water partition coefficient (Wildman–Crippen LogP) is 2.44. The highest BCUT2D eigenvalue weighted by molar-refractivity contribution is 5.94. The van der Waals surface area contributed by atoms with Crippen molar-refractivity contribution < 1.29 is 14.3 Å². The van der Waals surface area contributed by atoms with Crippen molar-refractivity contribution in [2.45, 2.75) is 33.8 Å². The van der Waals surface area contributed by atoms with Crippen LogP contribution in [0.3, 0.4) is 0 Å². The van der Waals surface area contributed by atoms with Crippen LogP contribution >= 0.6 is 0 Å². The molecule has 1 rings (SSSR count). The molecule has 116 valence electrons. The fourth-order valence-electron chi connectivity index (χ4n) is 1.69. The van der Waals surface area contributed by atoms with E-state index in [9.17, 15) is 9.59 Å². The Morgan fingerprint density at radius 3 is 2.29 bits per heavy atom. The van der Waals surface area contributed by atoms with Crippen LogP contribution in [0.1, 0.15) is 38.1 Å². The maximum absolute atomic E-state index is 11.9. The second-order valence-corrected chi connectivity index (χ2v) is 5.23. The first-order chi connectivity index (χ1) is 9.93. The molecular formula is C16H24N2O3. The maximum Gasteiger partial charge on any atom is 0.338 e. The zero-order valence-electron chi connectivity index (χ0n) is 13.1. The minimum Gasteiger partial charge on any atom is -0.459 e. The summed E-state index contributed by atoms with van der Waals surface area (Å²) < 4.78 is 5.11. The standard InChI is InChI=1S/C16H24N2O3/c1-5-17-10-12(4)15(19)18-14-8-6-13(7-9-14)16(20)21-11(2)3/h6-9,11-12,17H,5,10H2,1-4H3,(H,18,19). The molecule has 0 aromatic heterocycles. The summed E-state index contributed by atoms with van der Waals surface area (Å²) in [5.41, 5.74) is 1.15. The van der Waals surface area contributed by atoms with E-state index in [-0.39, 0.29) is 23.9 Å². The first kappa shape index (κ1) is 17.2. The van der Waals surface area contributed by atoms with Crippen LogP contribution in [-0.2, 0) is 9.53 Å². The van der Waals surface area contributed by atoms with Gasteiger partial charge < -0.3 is 15.4 Å². The SMILES string of the molecule is CCNCC(C)C(=O)Nc1ccc(C(=O)OC(C)C)cc1. The number of ether oxygens (including phenoxy) is 1. The van der Waals surface area contributed by atoms with Gasteiger partial charge in [-0.05, 0) is 44.7 Å². The molecule has 0 aliphatic rings. The van der Waals surface area contributed by atoms with E-state index >= 15 is 0 Å². The van der Waals surface area contributed by atoms with E-state index in [0.717, 1.165) is 6.54 Å². The number of carbonyl (C=O) groups excluding carboxylic acids is 2. The Bertz CT molecular complexity index is 469. The van der Waals surface area contributed by atoms with Crippen LogP contribution in [0, 0.1) is 5.92 Å². The molecule has 0 spiro atoms. The number of esters is 1. The Morgan fingerprint density at radius 1 is 1.14 bits per heavy atom. The third kappa shape index (κ3) is 5.95. The van der Waals surface area contributed by atoms with Gasteiger partial charge in [0.05, 0.1) is 11.7 Å². The number of hydrogen-bond donors (Lipinski definition) is 2. The number of rotatable bonds is 7. The summed E-state index contributed by atoms with van der Waals surface area (Å²) in [6.07, 6.45) is -0.149. The molecule has 1 aromatic carbocycles. The molecule has 1 unspecified atom stereocenters.